The fourth-order valence-corrected chi connectivity index (χ4v) is 4.39. The first kappa shape index (κ1) is 26.8. The number of hydrogen-bond acceptors (Lipinski definition) is 3. The van der Waals surface area contributed by atoms with Gasteiger partial charge in [0.1, 0.15) is 6.04 Å². The van der Waals surface area contributed by atoms with Crippen LogP contribution in [-0.4, -0.2) is 35.1 Å². The van der Waals surface area contributed by atoms with Crippen LogP contribution in [0.3, 0.4) is 0 Å². The summed E-state index contributed by atoms with van der Waals surface area (Å²) in [7, 11) is 0. The van der Waals surface area contributed by atoms with Crippen LogP contribution < -0.4 is 5.32 Å². The summed E-state index contributed by atoms with van der Waals surface area (Å²) in [5.74, 6) is 0.707. The van der Waals surface area contributed by atoms with Crippen LogP contribution in [0.5, 0.6) is 0 Å². The molecule has 2 rings (SSSR count). The molecule has 0 aliphatic carbocycles. The van der Waals surface area contributed by atoms with Gasteiger partial charge < -0.3 is 10.2 Å². The first-order chi connectivity index (χ1) is 15.2. The summed E-state index contributed by atoms with van der Waals surface area (Å²) in [6.45, 7) is 6.84. The maximum absolute atomic E-state index is 13.2. The molecule has 1 N–H and O–H groups in total. The van der Waals surface area contributed by atoms with Crippen molar-refractivity contribution in [1.29, 1.82) is 0 Å². The molecule has 0 aliphatic rings. The maximum Gasteiger partial charge on any atom is 0.242 e. The molecule has 0 spiro atoms. The third-order valence-corrected chi connectivity index (χ3v) is 6.81. The highest BCUT2D eigenvalue weighted by molar-refractivity contribution is 7.99. The van der Waals surface area contributed by atoms with E-state index in [9.17, 15) is 9.59 Å². The van der Waals surface area contributed by atoms with Gasteiger partial charge in [-0.15, -0.1) is 11.8 Å². The van der Waals surface area contributed by atoms with E-state index in [1.54, 1.807) is 28.8 Å². The molecule has 0 unspecified atom stereocenters. The normalized spacial score (nSPS) is 12.0. The number of thioether (sulfide) groups is 1. The van der Waals surface area contributed by atoms with Gasteiger partial charge in [-0.25, -0.2) is 0 Å². The average molecular weight is 516 g/mol. The van der Waals surface area contributed by atoms with E-state index in [-0.39, 0.29) is 18.4 Å². The van der Waals surface area contributed by atoms with Crippen LogP contribution >= 0.6 is 46.6 Å². The monoisotopic (exact) mass is 514 g/mol. The molecule has 2 amide bonds. The van der Waals surface area contributed by atoms with E-state index in [1.807, 2.05) is 51.1 Å². The largest absolute Gasteiger partial charge is 0.354 e. The minimum absolute atomic E-state index is 0.0796. The summed E-state index contributed by atoms with van der Waals surface area (Å²) < 4.78 is 0. The van der Waals surface area contributed by atoms with E-state index >= 15 is 0 Å². The Morgan fingerprint density at radius 1 is 1.03 bits per heavy atom. The summed E-state index contributed by atoms with van der Waals surface area (Å²) in [5.41, 5.74) is 0.827. The third-order valence-electron chi connectivity index (χ3n) is 4.81. The van der Waals surface area contributed by atoms with Crippen molar-refractivity contribution >= 4 is 58.4 Å². The molecule has 0 saturated carbocycles. The van der Waals surface area contributed by atoms with Crippen molar-refractivity contribution in [2.45, 2.75) is 51.1 Å². The topological polar surface area (TPSA) is 49.4 Å². The van der Waals surface area contributed by atoms with E-state index in [0.29, 0.717) is 46.1 Å². The molecule has 0 aromatic heterocycles. The standard InChI is InChI=1S/C24H29Cl3N2O2S/c1-4-22(24(31)28-14-16(2)3)29(15-17-5-10-20(26)21(27)13-17)23(30)11-12-32-19-8-6-18(25)7-9-19/h5-10,13,16,22H,4,11-12,14-15H2,1-3H3,(H,28,31)/t22-/m1/s1. The Balaban J connectivity index is 2.14. The second-order valence-corrected chi connectivity index (χ2v) is 10.3. The molecule has 8 heteroatoms. The average Bonchev–Trinajstić information content (AvgIpc) is 2.75. The van der Waals surface area contributed by atoms with Crippen LogP contribution in [0.25, 0.3) is 0 Å². The smallest absolute Gasteiger partial charge is 0.242 e. The van der Waals surface area contributed by atoms with Crippen LogP contribution in [0.2, 0.25) is 15.1 Å². The first-order valence-corrected chi connectivity index (χ1v) is 12.7. The number of nitrogens with zero attached hydrogens (tertiary/aromatic N) is 1. The molecule has 0 fully saturated rings. The van der Waals surface area contributed by atoms with Crippen molar-refractivity contribution in [2.24, 2.45) is 5.92 Å². The lowest BCUT2D eigenvalue weighted by Crippen LogP contribution is -2.49. The summed E-state index contributed by atoms with van der Waals surface area (Å²) in [6, 6.07) is 12.2. The zero-order valence-corrected chi connectivity index (χ0v) is 21.6. The lowest BCUT2D eigenvalue weighted by atomic mass is 10.1. The molecule has 32 heavy (non-hydrogen) atoms. The molecule has 174 valence electrons. The summed E-state index contributed by atoms with van der Waals surface area (Å²) in [4.78, 5) is 28.8. The van der Waals surface area contributed by atoms with Crippen LogP contribution in [-0.2, 0) is 16.1 Å². The van der Waals surface area contributed by atoms with Crippen LogP contribution in [0.15, 0.2) is 47.4 Å². The van der Waals surface area contributed by atoms with Gasteiger partial charge in [-0.2, -0.15) is 0 Å². The number of amides is 2. The SMILES string of the molecule is CC[C@H](C(=O)NCC(C)C)N(Cc1ccc(Cl)c(Cl)c1)C(=O)CCSc1ccc(Cl)cc1. The first-order valence-electron chi connectivity index (χ1n) is 10.6. The fourth-order valence-electron chi connectivity index (χ4n) is 3.11. The molecule has 0 heterocycles. The zero-order valence-electron chi connectivity index (χ0n) is 18.5. The molecule has 0 bridgehead atoms. The number of hydrogen-bond donors (Lipinski definition) is 1. The van der Waals surface area contributed by atoms with E-state index in [2.05, 4.69) is 5.32 Å². The van der Waals surface area contributed by atoms with Gasteiger partial charge in [0.2, 0.25) is 11.8 Å². The molecule has 4 nitrogen and oxygen atoms in total. The van der Waals surface area contributed by atoms with Gasteiger partial charge in [-0.3, -0.25) is 9.59 Å². The molecular weight excluding hydrogens is 487 g/mol. The van der Waals surface area contributed by atoms with Crippen molar-refractivity contribution < 1.29 is 9.59 Å². The molecule has 0 aliphatic heterocycles. The van der Waals surface area contributed by atoms with Crippen LogP contribution in [0, 0.1) is 5.92 Å². The second kappa shape index (κ2) is 13.3. The number of carbonyl (C=O) groups is 2. The van der Waals surface area contributed by atoms with Gasteiger partial charge in [0.15, 0.2) is 0 Å². The highest BCUT2D eigenvalue weighted by Crippen LogP contribution is 2.25. The Kier molecular flexibility index (Phi) is 11.2. The Morgan fingerprint density at radius 2 is 1.72 bits per heavy atom. The number of carbonyl (C=O) groups excluding carboxylic acids is 2. The molecule has 2 aromatic carbocycles. The van der Waals surface area contributed by atoms with Crippen molar-refractivity contribution in [2.75, 3.05) is 12.3 Å². The van der Waals surface area contributed by atoms with E-state index < -0.39 is 6.04 Å². The quantitative estimate of drug-likeness (QED) is 0.338. The van der Waals surface area contributed by atoms with Crippen LogP contribution in [0.1, 0.15) is 39.2 Å². The summed E-state index contributed by atoms with van der Waals surface area (Å²) in [6.07, 6.45) is 0.823. The minimum Gasteiger partial charge on any atom is -0.354 e. The predicted molar refractivity (Wildman–Crippen MR) is 136 cm³/mol. The Labute approximate surface area is 210 Å². The summed E-state index contributed by atoms with van der Waals surface area (Å²) >= 11 is 19.7. The van der Waals surface area contributed by atoms with Gasteiger partial charge in [-0.05, 0) is 54.3 Å². The van der Waals surface area contributed by atoms with Gasteiger partial charge in [-0.1, -0.05) is 61.6 Å². The second-order valence-electron chi connectivity index (χ2n) is 7.89. The Bertz CT molecular complexity index is 907. The van der Waals surface area contributed by atoms with Gasteiger partial charge in [0.05, 0.1) is 10.0 Å². The number of nitrogens with one attached hydrogen (secondary N) is 1. The zero-order chi connectivity index (χ0) is 23.7. The van der Waals surface area contributed by atoms with Crippen molar-refractivity contribution in [3.63, 3.8) is 0 Å². The van der Waals surface area contributed by atoms with E-state index in [1.165, 1.54) is 0 Å². The molecule has 2 aromatic rings. The minimum atomic E-state index is -0.559. The fraction of sp³-hybridized carbons (Fsp3) is 0.417. The number of halogens is 3. The lowest BCUT2D eigenvalue weighted by molar-refractivity contribution is -0.141. The van der Waals surface area contributed by atoms with Crippen molar-refractivity contribution in [1.82, 2.24) is 10.2 Å². The molecule has 1 atom stereocenters. The van der Waals surface area contributed by atoms with Gasteiger partial charge in [0.25, 0.3) is 0 Å². The molecule has 0 saturated heterocycles. The Hall–Kier alpha value is -1.40. The Morgan fingerprint density at radius 3 is 2.31 bits per heavy atom. The van der Waals surface area contributed by atoms with Crippen LogP contribution in [0.4, 0.5) is 0 Å². The molecule has 0 radical (unpaired) electrons. The third kappa shape index (κ3) is 8.51. The van der Waals surface area contributed by atoms with Crippen molar-refractivity contribution in [3.8, 4) is 0 Å². The molecular formula is C24H29Cl3N2O2S. The van der Waals surface area contributed by atoms with E-state index in [0.717, 1.165) is 10.5 Å². The summed E-state index contributed by atoms with van der Waals surface area (Å²) in [5, 5.41) is 4.52. The lowest BCUT2D eigenvalue weighted by Gasteiger charge is -2.31. The maximum atomic E-state index is 13.2. The highest BCUT2D eigenvalue weighted by atomic mass is 35.5. The van der Waals surface area contributed by atoms with Gasteiger partial charge >= 0.3 is 0 Å². The number of rotatable bonds is 11. The van der Waals surface area contributed by atoms with Crippen molar-refractivity contribution in [3.05, 3.63) is 63.1 Å². The van der Waals surface area contributed by atoms with E-state index in [4.69, 9.17) is 34.8 Å². The highest BCUT2D eigenvalue weighted by Gasteiger charge is 2.28. The number of benzene rings is 2. The predicted octanol–water partition coefficient (Wildman–Crippen LogP) is 6.71. The van der Waals surface area contributed by atoms with Gasteiger partial charge in [0, 0.05) is 35.2 Å².